The Kier molecular flexibility index (Phi) is 4.68. The molecular weight excluding hydrogens is 409 g/mol. The zero-order valence-corrected chi connectivity index (χ0v) is 18.5. The molecule has 0 saturated carbocycles. The molecule has 0 saturated heterocycles. The van der Waals surface area contributed by atoms with Crippen molar-refractivity contribution in [3.8, 4) is 22.6 Å². The predicted octanol–water partition coefficient (Wildman–Crippen LogP) is 5.76. The van der Waals surface area contributed by atoms with Crippen molar-refractivity contribution < 1.29 is 42.2 Å². The molecule has 5 rings (SSSR count). The summed E-state index contributed by atoms with van der Waals surface area (Å²) in [6.07, 6.45) is 5.02. The first-order valence-corrected chi connectivity index (χ1v) is 9.00. The summed E-state index contributed by atoms with van der Waals surface area (Å²) < 4.78 is 12.4. The van der Waals surface area contributed by atoms with Crippen LogP contribution in [0.4, 0.5) is 0 Å². The molecule has 0 bridgehead atoms. The van der Waals surface area contributed by atoms with E-state index in [1.54, 1.807) is 0 Å². The minimum Gasteiger partial charge on any atom is -0.495 e. The molecule has 0 unspecified atom stereocenters. The molecule has 2 aliphatic rings. The third kappa shape index (κ3) is 2.94. The maximum Gasteiger partial charge on any atom is 0.127 e. The van der Waals surface area contributed by atoms with Gasteiger partial charge in [-0.1, -0.05) is 29.7 Å². The first-order chi connectivity index (χ1) is 12.6. The minimum absolute atomic E-state index is 0. The van der Waals surface area contributed by atoms with Gasteiger partial charge in [0.1, 0.15) is 18.0 Å². The molecule has 3 aromatic rings. The number of hydrogen-bond acceptors (Lipinski definition) is 2. The summed E-state index contributed by atoms with van der Waals surface area (Å²) >= 11 is 0. The summed E-state index contributed by atoms with van der Waals surface area (Å²) in [6, 6.07) is 15.9. The minimum atomic E-state index is -0.327. The van der Waals surface area contributed by atoms with Gasteiger partial charge in [0.2, 0.25) is 0 Å². The molecule has 0 aliphatic carbocycles. The van der Waals surface area contributed by atoms with Gasteiger partial charge in [-0.25, -0.2) is 0 Å². The third-order valence-electron chi connectivity index (χ3n) is 5.21. The number of benzene rings is 3. The van der Waals surface area contributed by atoms with Gasteiger partial charge in [0.05, 0.1) is 5.75 Å². The molecule has 2 nitrogen and oxygen atoms in total. The van der Waals surface area contributed by atoms with Gasteiger partial charge in [0.15, 0.2) is 0 Å². The van der Waals surface area contributed by atoms with Crippen molar-refractivity contribution in [2.24, 2.45) is 0 Å². The van der Waals surface area contributed by atoms with Crippen LogP contribution in [0.2, 0.25) is 0 Å². The Bertz CT molecular complexity index is 1080. The number of ether oxygens (including phenoxy) is 2. The monoisotopic (exact) mass is 429 g/mol. The van der Waals surface area contributed by atoms with E-state index >= 15 is 0 Å². The fourth-order valence-corrected chi connectivity index (χ4v) is 3.93. The van der Waals surface area contributed by atoms with Gasteiger partial charge >= 0.3 is 0 Å². The smallest absolute Gasteiger partial charge is 0.127 e. The molecule has 0 amide bonds. The topological polar surface area (TPSA) is 18.5 Å². The van der Waals surface area contributed by atoms with Crippen LogP contribution in [-0.4, -0.2) is 5.60 Å². The Morgan fingerprint density at radius 2 is 2.00 bits per heavy atom. The molecule has 1 radical (unpaired) electrons. The SMILES string of the molecule is [CH2-]Cc1[c-]cc2c3c(c4c(c2c1)-c1ccccc1OC4)C=CC(C)(C)O3.[Y]. The Balaban J connectivity index is 0.00000180. The van der Waals surface area contributed by atoms with Crippen LogP contribution in [0.3, 0.4) is 0 Å². The zero-order valence-electron chi connectivity index (χ0n) is 15.6. The van der Waals surface area contributed by atoms with Crippen LogP contribution in [-0.2, 0) is 45.7 Å². The van der Waals surface area contributed by atoms with Gasteiger partial charge in [-0.05, 0) is 31.6 Å². The molecular formula is C24H20O2Y-2. The van der Waals surface area contributed by atoms with Crippen LogP contribution >= 0.6 is 0 Å². The van der Waals surface area contributed by atoms with Gasteiger partial charge in [-0.3, -0.25) is 0 Å². The molecule has 27 heavy (non-hydrogen) atoms. The third-order valence-corrected chi connectivity index (χ3v) is 5.21. The maximum atomic E-state index is 6.38. The molecule has 3 heteroatoms. The molecule has 3 aromatic carbocycles. The number of rotatable bonds is 1. The summed E-state index contributed by atoms with van der Waals surface area (Å²) in [5.74, 6) is 1.87. The standard InChI is InChI=1S/C24H20O2.Y/c1-4-15-9-10-16-19(13-15)22-18-7-5-6-8-21(18)25-14-20(22)17-11-12-24(2,3)26-23(16)17;/h5-8,10-13H,1,4,14H2,2-3H3;/q-2;. The second-order valence-corrected chi connectivity index (χ2v) is 7.46. The fourth-order valence-electron chi connectivity index (χ4n) is 3.93. The van der Waals surface area contributed by atoms with E-state index in [4.69, 9.17) is 9.47 Å². The van der Waals surface area contributed by atoms with Crippen molar-refractivity contribution in [3.05, 3.63) is 72.2 Å². The van der Waals surface area contributed by atoms with E-state index in [2.05, 4.69) is 63.3 Å². The van der Waals surface area contributed by atoms with Crippen LogP contribution in [0.25, 0.3) is 28.0 Å². The van der Waals surface area contributed by atoms with Crippen molar-refractivity contribution in [2.45, 2.75) is 32.5 Å². The number of fused-ring (bicyclic) bond motifs is 8. The van der Waals surface area contributed by atoms with Crippen molar-refractivity contribution in [3.63, 3.8) is 0 Å². The van der Waals surface area contributed by atoms with E-state index in [1.165, 1.54) is 16.5 Å². The molecule has 0 fully saturated rings. The van der Waals surface area contributed by atoms with E-state index < -0.39 is 0 Å². The first kappa shape index (κ1) is 18.7. The van der Waals surface area contributed by atoms with Gasteiger partial charge in [-0.15, -0.1) is 5.39 Å². The van der Waals surface area contributed by atoms with E-state index in [-0.39, 0.29) is 38.3 Å². The summed E-state index contributed by atoms with van der Waals surface area (Å²) in [6.45, 7) is 8.75. The summed E-state index contributed by atoms with van der Waals surface area (Å²) in [5.41, 5.74) is 5.48. The van der Waals surface area contributed by atoms with E-state index in [9.17, 15) is 0 Å². The van der Waals surface area contributed by atoms with Gasteiger partial charge in [0.25, 0.3) is 0 Å². The van der Waals surface area contributed by atoms with Crippen LogP contribution < -0.4 is 9.47 Å². The fraction of sp³-hybridized carbons (Fsp3) is 0.208. The van der Waals surface area contributed by atoms with Crippen LogP contribution in [0.1, 0.15) is 30.5 Å². The Labute approximate surface area is 185 Å². The summed E-state index contributed by atoms with van der Waals surface area (Å²) in [5, 5.41) is 2.29. The number of para-hydroxylation sites is 1. The normalized spacial score (nSPS) is 15.7. The summed E-state index contributed by atoms with van der Waals surface area (Å²) in [7, 11) is 0. The van der Waals surface area contributed by atoms with Crippen LogP contribution in [0.5, 0.6) is 11.5 Å². The molecule has 0 atom stereocenters. The van der Waals surface area contributed by atoms with Gasteiger partial charge in [0, 0.05) is 49.4 Å². The molecule has 2 aliphatic heterocycles. The predicted molar refractivity (Wildman–Crippen MR) is 105 cm³/mol. The Morgan fingerprint density at radius 1 is 1.19 bits per heavy atom. The average Bonchev–Trinajstić information content (AvgIpc) is 2.66. The molecule has 133 valence electrons. The van der Waals surface area contributed by atoms with E-state index in [1.807, 2.05) is 12.1 Å². The Morgan fingerprint density at radius 3 is 2.81 bits per heavy atom. The van der Waals surface area contributed by atoms with E-state index in [0.717, 1.165) is 33.6 Å². The van der Waals surface area contributed by atoms with E-state index in [0.29, 0.717) is 13.0 Å². The maximum absolute atomic E-state index is 6.38. The van der Waals surface area contributed by atoms with Crippen molar-refractivity contribution in [1.29, 1.82) is 0 Å². The molecule has 0 N–H and O–H groups in total. The molecule has 0 aromatic heterocycles. The second kappa shape index (κ2) is 6.76. The first-order valence-electron chi connectivity index (χ1n) is 9.00. The van der Waals surface area contributed by atoms with Crippen molar-refractivity contribution in [2.75, 3.05) is 0 Å². The van der Waals surface area contributed by atoms with Crippen LogP contribution in [0.15, 0.2) is 42.5 Å². The second-order valence-electron chi connectivity index (χ2n) is 7.46. The van der Waals surface area contributed by atoms with Gasteiger partial charge < -0.3 is 16.4 Å². The quantitative estimate of drug-likeness (QED) is 0.458. The average molecular weight is 429 g/mol. The summed E-state index contributed by atoms with van der Waals surface area (Å²) in [4.78, 5) is 0. The zero-order chi connectivity index (χ0) is 17.9. The van der Waals surface area contributed by atoms with Crippen molar-refractivity contribution >= 4 is 16.8 Å². The van der Waals surface area contributed by atoms with Crippen LogP contribution in [0, 0.1) is 13.0 Å². The molecule has 0 spiro atoms. The largest absolute Gasteiger partial charge is 0.495 e. The van der Waals surface area contributed by atoms with Gasteiger partial charge in [-0.2, -0.15) is 30.2 Å². The number of hydrogen-bond donors (Lipinski definition) is 0. The Hall–Kier alpha value is -1.64. The molecule has 2 heterocycles. The van der Waals surface area contributed by atoms with Crippen molar-refractivity contribution in [1.82, 2.24) is 0 Å².